The summed E-state index contributed by atoms with van der Waals surface area (Å²) in [6, 6.07) is 0. The van der Waals surface area contributed by atoms with E-state index < -0.39 is 0 Å². The maximum Gasteiger partial charge on any atom is -0.0171 e. The second kappa shape index (κ2) is 9.00. The fourth-order valence-corrected chi connectivity index (χ4v) is 2.71. The van der Waals surface area contributed by atoms with E-state index in [1.807, 2.05) is 0 Å². The molecular formula is C20H32. The van der Waals surface area contributed by atoms with Crippen molar-refractivity contribution in [2.24, 2.45) is 5.92 Å². The van der Waals surface area contributed by atoms with Gasteiger partial charge < -0.3 is 0 Å². The van der Waals surface area contributed by atoms with Gasteiger partial charge in [0, 0.05) is 0 Å². The molecule has 0 spiro atoms. The molecule has 0 aromatic carbocycles. The summed E-state index contributed by atoms with van der Waals surface area (Å²) in [5.41, 5.74) is 5.95. The number of allylic oxidation sites excluding steroid dienone is 7. The average molecular weight is 272 g/mol. The smallest absolute Gasteiger partial charge is 0.0171 e. The molecular weight excluding hydrogens is 240 g/mol. The van der Waals surface area contributed by atoms with Crippen molar-refractivity contribution in [3.63, 3.8) is 0 Å². The highest BCUT2D eigenvalue weighted by atomic mass is 14.1. The summed E-state index contributed by atoms with van der Waals surface area (Å²) < 4.78 is 0. The molecule has 0 heterocycles. The first-order valence-corrected chi connectivity index (χ1v) is 8.11. The lowest BCUT2D eigenvalue weighted by Crippen LogP contribution is -2.01. The lowest BCUT2D eigenvalue weighted by Gasteiger charge is -2.16. The van der Waals surface area contributed by atoms with E-state index in [-0.39, 0.29) is 0 Å². The molecule has 0 aromatic rings. The molecule has 0 aromatic heterocycles. The number of hydrogen-bond donors (Lipinski definition) is 0. The van der Waals surface area contributed by atoms with Crippen LogP contribution in [-0.4, -0.2) is 0 Å². The summed E-state index contributed by atoms with van der Waals surface area (Å²) >= 11 is 0. The van der Waals surface area contributed by atoms with E-state index in [9.17, 15) is 0 Å². The van der Waals surface area contributed by atoms with Crippen LogP contribution in [0.2, 0.25) is 0 Å². The summed E-state index contributed by atoms with van der Waals surface area (Å²) in [5.74, 6) is 0.647. The fraction of sp³-hybridized carbons (Fsp3) is 0.600. The van der Waals surface area contributed by atoms with Crippen LogP contribution < -0.4 is 0 Å². The van der Waals surface area contributed by atoms with Crippen LogP contribution in [0.4, 0.5) is 0 Å². The second-order valence-electron chi connectivity index (χ2n) is 6.55. The first-order chi connectivity index (χ1) is 9.49. The summed E-state index contributed by atoms with van der Waals surface area (Å²) in [4.78, 5) is 0. The molecule has 0 N–H and O–H groups in total. The van der Waals surface area contributed by atoms with E-state index in [0.717, 1.165) is 6.42 Å². The Morgan fingerprint density at radius 3 is 1.95 bits per heavy atom. The number of hydrogen-bond acceptors (Lipinski definition) is 0. The van der Waals surface area contributed by atoms with Gasteiger partial charge in [-0.15, -0.1) is 0 Å². The third kappa shape index (κ3) is 6.93. The van der Waals surface area contributed by atoms with Crippen molar-refractivity contribution < 1.29 is 0 Å². The van der Waals surface area contributed by atoms with Crippen LogP contribution in [-0.2, 0) is 0 Å². The zero-order valence-corrected chi connectivity index (χ0v) is 14.0. The summed E-state index contributed by atoms with van der Waals surface area (Å²) in [5, 5.41) is 0. The largest absolute Gasteiger partial charge is 0.0998 e. The van der Waals surface area contributed by atoms with Gasteiger partial charge in [-0.3, -0.25) is 0 Å². The highest BCUT2D eigenvalue weighted by Crippen LogP contribution is 2.24. The minimum atomic E-state index is 0.647. The van der Waals surface area contributed by atoms with Crippen molar-refractivity contribution in [3.05, 3.63) is 47.1 Å². The Kier molecular flexibility index (Phi) is 7.65. The van der Waals surface area contributed by atoms with Gasteiger partial charge in [0.1, 0.15) is 0 Å². The van der Waals surface area contributed by atoms with E-state index in [2.05, 4.69) is 52.5 Å². The molecule has 0 fully saturated rings. The second-order valence-corrected chi connectivity index (χ2v) is 6.55. The van der Waals surface area contributed by atoms with Gasteiger partial charge in [0.2, 0.25) is 0 Å². The Morgan fingerprint density at radius 1 is 0.900 bits per heavy atom. The summed E-state index contributed by atoms with van der Waals surface area (Å²) in [6.45, 7) is 13.2. The molecule has 0 unspecified atom stereocenters. The third-order valence-corrected chi connectivity index (χ3v) is 4.40. The highest BCUT2D eigenvalue weighted by Gasteiger charge is 2.08. The SMILES string of the molecule is C=C(C)[C@H]1CC=C(C)CC/C=C(/C)CC/C=C(/C)CC1. The van der Waals surface area contributed by atoms with E-state index in [1.165, 1.54) is 49.7 Å². The molecule has 0 heteroatoms. The van der Waals surface area contributed by atoms with E-state index in [1.54, 1.807) is 11.1 Å². The average Bonchev–Trinajstić information content (AvgIpc) is 2.37. The zero-order valence-electron chi connectivity index (χ0n) is 14.0. The Bertz CT molecular complexity index is 404. The van der Waals surface area contributed by atoms with Gasteiger partial charge in [0.15, 0.2) is 0 Å². The van der Waals surface area contributed by atoms with Gasteiger partial charge in [-0.2, -0.15) is 0 Å². The van der Waals surface area contributed by atoms with Crippen LogP contribution in [0, 0.1) is 5.92 Å². The van der Waals surface area contributed by atoms with Crippen molar-refractivity contribution in [1.82, 2.24) is 0 Å². The van der Waals surface area contributed by atoms with Crippen molar-refractivity contribution in [3.8, 4) is 0 Å². The van der Waals surface area contributed by atoms with Crippen LogP contribution in [0.15, 0.2) is 47.1 Å². The van der Waals surface area contributed by atoms with Gasteiger partial charge in [0.25, 0.3) is 0 Å². The van der Waals surface area contributed by atoms with Gasteiger partial charge in [-0.1, -0.05) is 47.1 Å². The Labute approximate surface area is 126 Å². The van der Waals surface area contributed by atoms with Crippen molar-refractivity contribution in [2.75, 3.05) is 0 Å². The van der Waals surface area contributed by atoms with Crippen molar-refractivity contribution in [2.45, 2.75) is 72.6 Å². The molecule has 0 nitrogen and oxygen atoms in total. The summed E-state index contributed by atoms with van der Waals surface area (Å²) in [7, 11) is 0. The normalized spacial score (nSPS) is 28.4. The first-order valence-electron chi connectivity index (χ1n) is 8.11. The van der Waals surface area contributed by atoms with Gasteiger partial charge in [0.05, 0.1) is 0 Å². The minimum Gasteiger partial charge on any atom is -0.0998 e. The topological polar surface area (TPSA) is 0 Å². The lowest BCUT2D eigenvalue weighted by atomic mass is 9.89. The molecule has 0 aliphatic heterocycles. The minimum absolute atomic E-state index is 0.647. The van der Waals surface area contributed by atoms with Crippen LogP contribution in [0.3, 0.4) is 0 Å². The van der Waals surface area contributed by atoms with Gasteiger partial charge in [-0.05, 0) is 78.6 Å². The maximum absolute atomic E-state index is 4.18. The molecule has 0 saturated carbocycles. The predicted molar refractivity (Wildman–Crippen MR) is 91.9 cm³/mol. The summed E-state index contributed by atoms with van der Waals surface area (Å²) in [6.07, 6.45) is 15.7. The van der Waals surface area contributed by atoms with E-state index >= 15 is 0 Å². The third-order valence-electron chi connectivity index (χ3n) is 4.40. The molecule has 112 valence electrons. The maximum atomic E-state index is 4.18. The Morgan fingerprint density at radius 2 is 1.40 bits per heavy atom. The fourth-order valence-electron chi connectivity index (χ4n) is 2.71. The predicted octanol–water partition coefficient (Wildman–Crippen LogP) is 6.76. The molecule has 1 aliphatic rings. The van der Waals surface area contributed by atoms with Crippen LogP contribution in [0.5, 0.6) is 0 Å². The molecule has 1 atom stereocenters. The highest BCUT2D eigenvalue weighted by molar-refractivity contribution is 5.09. The Hall–Kier alpha value is -1.04. The first kappa shape index (κ1) is 17.0. The van der Waals surface area contributed by atoms with Crippen LogP contribution >= 0.6 is 0 Å². The zero-order chi connectivity index (χ0) is 15.0. The monoisotopic (exact) mass is 272 g/mol. The Balaban J connectivity index is 2.77. The quantitative estimate of drug-likeness (QED) is 0.462. The molecule has 1 rings (SSSR count). The molecule has 0 amide bonds. The van der Waals surface area contributed by atoms with Crippen molar-refractivity contribution >= 4 is 0 Å². The molecule has 0 bridgehead atoms. The standard InChI is InChI=1S/C20H32/c1-16(2)20-14-12-18(4)10-6-8-17(3)9-7-11-19(5)13-15-20/h8,11-12,20H,1,6-7,9-10,13-15H2,2-5H3/b17-8-,18-12?,19-11-/t20-/m0/s1. The van der Waals surface area contributed by atoms with Gasteiger partial charge in [-0.25, -0.2) is 0 Å². The van der Waals surface area contributed by atoms with Crippen molar-refractivity contribution in [1.29, 1.82) is 0 Å². The van der Waals surface area contributed by atoms with Gasteiger partial charge >= 0.3 is 0 Å². The van der Waals surface area contributed by atoms with E-state index in [0.29, 0.717) is 5.92 Å². The molecule has 0 radical (unpaired) electrons. The molecule has 1 aliphatic carbocycles. The molecule has 20 heavy (non-hydrogen) atoms. The van der Waals surface area contributed by atoms with Crippen LogP contribution in [0.25, 0.3) is 0 Å². The lowest BCUT2D eigenvalue weighted by molar-refractivity contribution is 0.564. The molecule has 0 saturated heterocycles. The number of rotatable bonds is 1. The van der Waals surface area contributed by atoms with E-state index in [4.69, 9.17) is 0 Å². The van der Waals surface area contributed by atoms with Crippen LogP contribution in [0.1, 0.15) is 72.6 Å².